The van der Waals surface area contributed by atoms with Gasteiger partial charge in [-0.2, -0.15) is 0 Å². The highest BCUT2D eigenvalue weighted by Gasteiger charge is 2.12. The molecule has 0 saturated carbocycles. The lowest BCUT2D eigenvalue weighted by atomic mass is 10.1. The molecule has 0 amide bonds. The maximum atomic E-state index is 9.93. The molecule has 0 bridgehead atoms. The molecule has 16 heavy (non-hydrogen) atoms. The average molecular weight is 275 g/mol. The second kappa shape index (κ2) is 5.10. The summed E-state index contributed by atoms with van der Waals surface area (Å²) in [5.41, 5.74) is 0.706. The topological polar surface area (TPSA) is 46.0 Å². The summed E-state index contributed by atoms with van der Waals surface area (Å²) in [5.74, 6) is 0. The summed E-state index contributed by atoms with van der Waals surface area (Å²) in [6.07, 6.45) is 1.36. The highest BCUT2D eigenvalue weighted by molar-refractivity contribution is 7.16. The third-order valence-corrected chi connectivity index (χ3v) is 3.52. The first-order chi connectivity index (χ1) is 7.65. The van der Waals surface area contributed by atoms with Gasteiger partial charge in [-0.15, -0.1) is 11.3 Å². The third kappa shape index (κ3) is 2.92. The van der Waals surface area contributed by atoms with Gasteiger partial charge in [0.2, 0.25) is 5.28 Å². The van der Waals surface area contributed by atoms with Crippen LogP contribution in [0.4, 0.5) is 0 Å². The van der Waals surface area contributed by atoms with Crippen LogP contribution in [0.3, 0.4) is 0 Å². The SMILES string of the molecule is OC(Cc1ccnc(Cl)n1)c1ccc(Cl)s1. The van der Waals surface area contributed by atoms with Gasteiger partial charge in [0, 0.05) is 23.2 Å². The van der Waals surface area contributed by atoms with Gasteiger partial charge in [0.1, 0.15) is 0 Å². The van der Waals surface area contributed by atoms with Gasteiger partial charge in [-0.1, -0.05) is 11.6 Å². The van der Waals surface area contributed by atoms with Crippen molar-refractivity contribution in [3.05, 3.63) is 44.6 Å². The van der Waals surface area contributed by atoms with Crippen LogP contribution in [-0.2, 0) is 6.42 Å². The molecule has 84 valence electrons. The highest BCUT2D eigenvalue weighted by atomic mass is 35.5. The second-order valence-corrected chi connectivity index (χ2v) is 5.26. The lowest BCUT2D eigenvalue weighted by Crippen LogP contribution is -2.02. The molecule has 0 aliphatic carbocycles. The van der Waals surface area contributed by atoms with Gasteiger partial charge in [0.15, 0.2) is 0 Å². The van der Waals surface area contributed by atoms with Gasteiger partial charge in [-0.05, 0) is 29.8 Å². The van der Waals surface area contributed by atoms with E-state index in [9.17, 15) is 5.11 Å². The van der Waals surface area contributed by atoms with Crippen molar-refractivity contribution >= 4 is 34.5 Å². The Balaban J connectivity index is 2.10. The monoisotopic (exact) mass is 274 g/mol. The Morgan fingerprint density at radius 2 is 2.12 bits per heavy atom. The van der Waals surface area contributed by atoms with E-state index in [1.165, 1.54) is 11.3 Å². The van der Waals surface area contributed by atoms with E-state index in [4.69, 9.17) is 23.2 Å². The molecule has 6 heteroatoms. The summed E-state index contributed by atoms with van der Waals surface area (Å²) in [6, 6.07) is 5.29. The standard InChI is InChI=1S/C10H8Cl2N2OS/c11-9-2-1-8(16-9)7(15)5-6-3-4-13-10(12)14-6/h1-4,7,15H,5H2. The molecular formula is C10H8Cl2N2OS. The molecule has 3 nitrogen and oxygen atoms in total. The lowest BCUT2D eigenvalue weighted by molar-refractivity contribution is 0.181. The molecule has 0 aromatic carbocycles. The summed E-state index contributed by atoms with van der Waals surface area (Å²) in [4.78, 5) is 8.61. The van der Waals surface area contributed by atoms with Crippen LogP contribution in [0.15, 0.2) is 24.4 Å². The molecule has 1 N–H and O–H groups in total. The molecule has 2 aromatic heterocycles. The molecule has 1 atom stereocenters. The highest BCUT2D eigenvalue weighted by Crippen LogP contribution is 2.28. The van der Waals surface area contributed by atoms with E-state index in [-0.39, 0.29) is 5.28 Å². The number of rotatable bonds is 3. The van der Waals surface area contributed by atoms with Gasteiger partial charge in [0.25, 0.3) is 0 Å². The summed E-state index contributed by atoms with van der Waals surface area (Å²) >= 11 is 12.8. The number of aromatic nitrogens is 2. The summed E-state index contributed by atoms with van der Waals surface area (Å²) in [7, 11) is 0. The van der Waals surface area contributed by atoms with Crippen molar-refractivity contribution in [1.82, 2.24) is 9.97 Å². The van der Waals surface area contributed by atoms with Crippen LogP contribution in [0.5, 0.6) is 0 Å². The number of nitrogens with zero attached hydrogens (tertiary/aromatic N) is 2. The van der Waals surface area contributed by atoms with Crippen LogP contribution < -0.4 is 0 Å². The Kier molecular flexibility index (Phi) is 3.76. The Morgan fingerprint density at radius 3 is 2.75 bits per heavy atom. The van der Waals surface area contributed by atoms with Crippen LogP contribution in [0.1, 0.15) is 16.7 Å². The van der Waals surface area contributed by atoms with Crippen molar-refractivity contribution < 1.29 is 5.11 Å². The second-order valence-electron chi connectivity index (χ2n) is 3.18. The van der Waals surface area contributed by atoms with E-state index in [0.29, 0.717) is 16.5 Å². The van der Waals surface area contributed by atoms with Gasteiger partial charge in [-0.3, -0.25) is 0 Å². The molecular weight excluding hydrogens is 267 g/mol. The molecule has 1 unspecified atom stereocenters. The molecule has 0 aliphatic rings. The Labute approximate surface area is 107 Å². The maximum Gasteiger partial charge on any atom is 0.222 e. The predicted molar refractivity (Wildman–Crippen MR) is 65.0 cm³/mol. The normalized spacial score (nSPS) is 12.7. The predicted octanol–water partition coefficient (Wildman–Crippen LogP) is 3.12. The molecule has 2 heterocycles. The van der Waals surface area contributed by atoms with Gasteiger partial charge in [-0.25, -0.2) is 9.97 Å². The number of hydrogen-bond donors (Lipinski definition) is 1. The molecule has 0 aliphatic heterocycles. The first kappa shape index (κ1) is 11.8. The average Bonchev–Trinajstić information content (AvgIpc) is 2.65. The van der Waals surface area contributed by atoms with Crippen LogP contribution in [-0.4, -0.2) is 15.1 Å². The lowest BCUT2D eigenvalue weighted by Gasteiger charge is -2.07. The van der Waals surface area contributed by atoms with Crippen molar-refractivity contribution in [1.29, 1.82) is 0 Å². The van der Waals surface area contributed by atoms with Crippen LogP contribution in [0.25, 0.3) is 0 Å². The van der Waals surface area contributed by atoms with E-state index in [1.54, 1.807) is 24.4 Å². The minimum Gasteiger partial charge on any atom is -0.387 e. The van der Waals surface area contributed by atoms with Gasteiger partial charge in [0.05, 0.1) is 10.4 Å². The Hall–Kier alpha value is -0.680. The van der Waals surface area contributed by atoms with E-state index >= 15 is 0 Å². The van der Waals surface area contributed by atoms with E-state index in [2.05, 4.69) is 9.97 Å². The number of halogens is 2. The van der Waals surface area contributed by atoms with E-state index in [0.717, 1.165) is 4.88 Å². The fourth-order valence-corrected chi connectivity index (χ4v) is 2.50. The summed E-state index contributed by atoms with van der Waals surface area (Å²) in [5, 5.41) is 10.1. The minimum absolute atomic E-state index is 0.189. The van der Waals surface area contributed by atoms with Gasteiger partial charge < -0.3 is 5.11 Å². The number of hydrogen-bond acceptors (Lipinski definition) is 4. The molecule has 0 radical (unpaired) electrons. The quantitative estimate of drug-likeness (QED) is 0.875. The molecule has 0 saturated heterocycles. The minimum atomic E-state index is -0.608. The first-order valence-corrected chi connectivity index (χ1v) is 6.13. The summed E-state index contributed by atoms with van der Waals surface area (Å²) < 4.78 is 0.662. The fraction of sp³-hybridized carbons (Fsp3) is 0.200. The summed E-state index contributed by atoms with van der Waals surface area (Å²) in [6.45, 7) is 0. The third-order valence-electron chi connectivity index (χ3n) is 2.01. The maximum absolute atomic E-state index is 9.93. The Bertz CT molecular complexity index is 489. The smallest absolute Gasteiger partial charge is 0.222 e. The molecule has 0 spiro atoms. The molecule has 2 aromatic rings. The van der Waals surface area contributed by atoms with E-state index in [1.807, 2.05) is 0 Å². The van der Waals surface area contributed by atoms with Crippen molar-refractivity contribution in [3.8, 4) is 0 Å². The number of aliphatic hydroxyl groups excluding tert-OH is 1. The van der Waals surface area contributed by atoms with Gasteiger partial charge >= 0.3 is 0 Å². The van der Waals surface area contributed by atoms with Crippen molar-refractivity contribution in [2.45, 2.75) is 12.5 Å². The van der Waals surface area contributed by atoms with Crippen molar-refractivity contribution in [2.24, 2.45) is 0 Å². The number of thiophene rings is 1. The Morgan fingerprint density at radius 1 is 1.31 bits per heavy atom. The zero-order valence-corrected chi connectivity index (χ0v) is 10.4. The largest absolute Gasteiger partial charge is 0.387 e. The first-order valence-electron chi connectivity index (χ1n) is 4.56. The molecule has 2 rings (SSSR count). The van der Waals surface area contributed by atoms with Crippen LogP contribution >= 0.6 is 34.5 Å². The number of aliphatic hydroxyl groups is 1. The zero-order chi connectivity index (χ0) is 11.5. The van der Waals surface area contributed by atoms with E-state index < -0.39 is 6.10 Å². The van der Waals surface area contributed by atoms with Crippen molar-refractivity contribution in [2.75, 3.05) is 0 Å². The zero-order valence-electron chi connectivity index (χ0n) is 8.10. The van der Waals surface area contributed by atoms with Crippen LogP contribution in [0.2, 0.25) is 9.62 Å². The molecule has 0 fully saturated rings. The van der Waals surface area contributed by atoms with Crippen molar-refractivity contribution in [3.63, 3.8) is 0 Å². The van der Waals surface area contributed by atoms with Crippen LogP contribution in [0, 0.1) is 0 Å². The fourth-order valence-electron chi connectivity index (χ4n) is 1.29.